The Hall–Kier alpha value is -12.2. The van der Waals surface area contributed by atoms with E-state index in [9.17, 15) is 0 Å². The van der Waals surface area contributed by atoms with E-state index in [-0.39, 0.29) is 0 Å². The van der Waals surface area contributed by atoms with Gasteiger partial charge in [0.05, 0.1) is 0 Å². The molecule has 0 aliphatic rings. The van der Waals surface area contributed by atoms with E-state index in [1.54, 1.807) is 0 Å². The second kappa shape index (κ2) is 32.9. The van der Waals surface area contributed by atoms with E-state index in [4.69, 9.17) is 29.4 Å². The molecule has 8 aromatic carbocycles. The van der Waals surface area contributed by atoms with Crippen LogP contribution in [0.25, 0.3) is 32.7 Å². The molecule has 6 heteroatoms. The first kappa shape index (κ1) is 64.0. The van der Waals surface area contributed by atoms with Crippen LogP contribution < -0.4 is 9.47 Å². The van der Waals surface area contributed by atoms with Crippen LogP contribution in [0.15, 0.2) is 243 Å². The lowest BCUT2D eigenvalue weighted by Gasteiger charge is -2.20. The number of hydrogen-bond donors (Lipinski definition) is 0. The molecule has 0 spiro atoms. The molecule has 4 heterocycles. The molecule has 0 aliphatic heterocycles. The molecule has 4 aromatic heterocycles. The minimum absolute atomic E-state index is 0.303. The Balaban J connectivity index is 0.710. The van der Waals surface area contributed by atoms with Crippen LogP contribution in [-0.2, 0) is 26.1 Å². The molecule has 462 valence electrons. The Kier molecular flexibility index (Phi) is 21.9. The van der Waals surface area contributed by atoms with Gasteiger partial charge in [-0.3, -0.25) is 0 Å². The summed E-state index contributed by atoms with van der Waals surface area (Å²) in [5.41, 5.74) is 15.1. The lowest BCUT2D eigenvalue weighted by Crippen LogP contribution is -2.01. The molecule has 0 saturated heterocycles. The number of aromatic nitrogens is 4. The number of pyridine rings is 4. The van der Waals surface area contributed by atoms with E-state index in [1.807, 2.05) is 97.1 Å². The standard InChI is InChI=1S/C90H70N4O2/c1-3-5-7-9-21-67-39-43-69(44-40-67)47-53-77-29-17-33-81(91-77)57-59-83-35-19-31-79(93-83)55-49-71-23-15-25-73(63-71)65-95-87-61-51-75-27-11-13-37-85(75)89(87)90-86-38-14-12-28-76(86)52-62-88(90)96-66-74-26-16-24-72(64-74)50-56-80-32-20-36-84(94-80)60-58-82-34-18-30-78(92-82)54-48-70-45-41-68(42-46-70)22-10-8-6-4-2/h11-20,23-46,51-52,61-64H,3-10,21-22,65-66H2,1-2H3. The summed E-state index contributed by atoms with van der Waals surface area (Å²) in [4.78, 5) is 18.9. The number of benzene rings is 8. The van der Waals surface area contributed by atoms with Crippen molar-refractivity contribution >= 4 is 21.5 Å². The van der Waals surface area contributed by atoms with Gasteiger partial charge in [0, 0.05) is 33.4 Å². The number of rotatable bonds is 17. The van der Waals surface area contributed by atoms with Crippen molar-refractivity contribution in [1.29, 1.82) is 0 Å². The van der Waals surface area contributed by atoms with Crippen LogP contribution in [-0.4, -0.2) is 19.9 Å². The number of fused-ring (bicyclic) bond motifs is 2. The average molecular weight is 1240 g/mol. The SMILES string of the molecule is CCCCCCc1ccc(C#Cc2cccc(C#Cc3cccc(C#Cc4cccc(COc5ccc6ccccc6c5-c5c(OCc6cccc(C#Cc7cccc(C#Cc8cccc(C#Cc9ccc(CCCCCC)cc9)n8)n7)c6)ccc6ccccc56)c4)n3)n2)cc1. The van der Waals surface area contributed by atoms with E-state index in [0.29, 0.717) is 58.8 Å². The Labute approximate surface area is 565 Å². The van der Waals surface area contributed by atoms with Crippen molar-refractivity contribution in [3.8, 4) is 93.7 Å². The molecule has 12 rings (SSSR count). The summed E-state index contributed by atoms with van der Waals surface area (Å²) >= 11 is 0. The molecule has 96 heavy (non-hydrogen) atoms. The van der Waals surface area contributed by atoms with Crippen molar-refractivity contribution in [2.75, 3.05) is 0 Å². The van der Waals surface area contributed by atoms with Crippen molar-refractivity contribution in [3.63, 3.8) is 0 Å². The molecule has 0 atom stereocenters. The van der Waals surface area contributed by atoms with Gasteiger partial charge in [-0.15, -0.1) is 0 Å². The number of unbranched alkanes of at least 4 members (excludes halogenated alkanes) is 6. The summed E-state index contributed by atoms with van der Waals surface area (Å²) < 4.78 is 13.8. The van der Waals surface area contributed by atoms with Gasteiger partial charge < -0.3 is 9.47 Å². The van der Waals surface area contributed by atoms with Gasteiger partial charge >= 0.3 is 0 Å². The highest BCUT2D eigenvalue weighted by molar-refractivity contribution is 6.09. The lowest BCUT2D eigenvalue weighted by molar-refractivity contribution is 0.303. The molecule has 0 N–H and O–H groups in total. The van der Waals surface area contributed by atoms with Crippen LogP contribution >= 0.6 is 0 Å². The summed E-state index contributed by atoms with van der Waals surface area (Å²) in [6, 6.07) is 81.3. The second-order valence-electron chi connectivity index (χ2n) is 23.4. The molecule has 0 unspecified atom stereocenters. The largest absolute Gasteiger partial charge is 0.488 e. The molecule has 0 fully saturated rings. The first-order chi connectivity index (χ1) is 47.4. The predicted octanol–water partition coefficient (Wildman–Crippen LogP) is 19.0. The monoisotopic (exact) mass is 1240 g/mol. The molecule has 0 amide bonds. The fourth-order valence-corrected chi connectivity index (χ4v) is 11.2. The Morgan fingerprint density at radius 1 is 0.260 bits per heavy atom. The second-order valence-corrected chi connectivity index (χ2v) is 23.4. The number of hydrogen-bond acceptors (Lipinski definition) is 6. The highest BCUT2D eigenvalue weighted by atomic mass is 16.5. The third-order valence-corrected chi connectivity index (χ3v) is 16.2. The summed E-state index contributed by atoms with van der Waals surface area (Å²) in [6.45, 7) is 5.09. The zero-order valence-electron chi connectivity index (χ0n) is 54.2. The van der Waals surface area contributed by atoms with Crippen LogP contribution in [0.2, 0.25) is 0 Å². The fourth-order valence-electron chi connectivity index (χ4n) is 11.2. The molecule has 12 aromatic rings. The van der Waals surface area contributed by atoms with Crippen LogP contribution in [0.3, 0.4) is 0 Å². The predicted molar refractivity (Wildman–Crippen MR) is 390 cm³/mol. The molecule has 0 saturated carbocycles. The fraction of sp³-hybridized carbons (Fsp3) is 0.156. The highest BCUT2D eigenvalue weighted by Crippen LogP contribution is 2.46. The van der Waals surface area contributed by atoms with Gasteiger partial charge in [0.2, 0.25) is 0 Å². The molecule has 0 radical (unpaired) electrons. The molecule has 6 nitrogen and oxygen atoms in total. The minimum atomic E-state index is 0.303. The molecule has 0 bridgehead atoms. The maximum absolute atomic E-state index is 6.89. The van der Waals surface area contributed by atoms with Crippen LogP contribution in [0.4, 0.5) is 0 Å². The van der Waals surface area contributed by atoms with Crippen molar-refractivity contribution in [2.24, 2.45) is 0 Å². The normalized spacial score (nSPS) is 10.4. The van der Waals surface area contributed by atoms with E-state index < -0.39 is 0 Å². The average Bonchev–Trinajstić information content (AvgIpc) is 0.756. The Morgan fingerprint density at radius 2 is 0.583 bits per heavy atom. The van der Waals surface area contributed by atoms with Gasteiger partial charge in [0.25, 0.3) is 0 Å². The maximum Gasteiger partial charge on any atom is 0.128 e. The van der Waals surface area contributed by atoms with Crippen molar-refractivity contribution in [2.45, 2.75) is 91.3 Å². The Morgan fingerprint density at radius 3 is 0.938 bits per heavy atom. The quantitative estimate of drug-likeness (QED) is 0.0668. The molecular formula is C90H70N4O2. The first-order valence-electron chi connectivity index (χ1n) is 33.1. The Bertz CT molecular complexity index is 4820. The minimum Gasteiger partial charge on any atom is -0.488 e. The topological polar surface area (TPSA) is 70.0 Å². The van der Waals surface area contributed by atoms with Crippen LogP contribution in [0.1, 0.15) is 155 Å². The zero-order chi connectivity index (χ0) is 65.4. The summed E-state index contributed by atoms with van der Waals surface area (Å²) in [5, 5.41) is 4.27. The van der Waals surface area contributed by atoms with Crippen molar-refractivity contribution in [1.82, 2.24) is 19.9 Å². The van der Waals surface area contributed by atoms with Gasteiger partial charge in [0.15, 0.2) is 0 Å². The van der Waals surface area contributed by atoms with Crippen molar-refractivity contribution in [3.05, 3.63) is 333 Å². The smallest absolute Gasteiger partial charge is 0.128 e. The van der Waals surface area contributed by atoms with E-state index >= 15 is 0 Å². The third kappa shape index (κ3) is 18.1. The summed E-state index contributed by atoms with van der Waals surface area (Å²) in [6.07, 6.45) is 12.3. The van der Waals surface area contributed by atoms with E-state index in [0.717, 1.165) is 90.4 Å². The number of nitrogens with zero attached hydrogens (tertiary/aromatic N) is 4. The molecular weight excluding hydrogens is 1170 g/mol. The van der Waals surface area contributed by atoms with Crippen LogP contribution in [0.5, 0.6) is 11.5 Å². The highest BCUT2D eigenvalue weighted by Gasteiger charge is 2.20. The zero-order valence-corrected chi connectivity index (χ0v) is 54.2. The van der Waals surface area contributed by atoms with Gasteiger partial charge in [-0.2, -0.15) is 0 Å². The van der Waals surface area contributed by atoms with E-state index in [1.165, 1.54) is 62.5 Å². The van der Waals surface area contributed by atoms with Gasteiger partial charge in [0.1, 0.15) is 70.3 Å². The number of aryl methyl sites for hydroxylation is 2. The summed E-state index contributed by atoms with van der Waals surface area (Å²) in [7, 11) is 0. The van der Waals surface area contributed by atoms with Gasteiger partial charge in [-0.1, -0.05) is 210 Å². The molecule has 0 aliphatic carbocycles. The third-order valence-electron chi connectivity index (χ3n) is 16.2. The van der Waals surface area contributed by atoms with Gasteiger partial charge in [-0.25, -0.2) is 19.9 Å². The lowest BCUT2D eigenvalue weighted by atomic mass is 9.92. The van der Waals surface area contributed by atoms with Crippen molar-refractivity contribution < 1.29 is 9.47 Å². The van der Waals surface area contributed by atoms with Gasteiger partial charge in [-0.05, 0) is 226 Å². The number of ether oxygens (including phenoxy) is 2. The maximum atomic E-state index is 6.89. The van der Waals surface area contributed by atoms with Crippen LogP contribution in [0, 0.1) is 71.0 Å². The van der Waals surface area contributed by atoms with E-state index in [2.05, 4.69) is 230 Å². The first-order valence-corrected chi connectivity index (χ1v) is 33.1. The summed E-state index contributed by atoms with van der Waals surface area (Å²) in [5.74, 6) is 40.3.